The average Bonchev–Trinajstić information content (AvgIpc) is 2.22. The second-order valence-corrected chi connectivity index (χ2v) is 7.29. The smallest absolute Gasteiger partial charge is 0.000772 e. The van der Waals surface area contributed by atoms with Crippen molar-refractivity contribution in [2.75, 3.05) is 13.1 Å². The first-order valence-electron chi connectivity index (χ1n) is 7.45. The molecular formula is C16H35N. The maximum Gasteiger partial charge on any atom is 0.000772 e. The first kappa shape index (κ1) is 17.0. The van der Waals surface area contributed by atoms with Gasteiger partial charge in [0.1, 0.15) is 0 Å². The van der Waals surface area contributed by atoms with Crippen molar-refractivity contribution < 1.29 is 0 Å². The third-order valence-corrected chi connectivity index (χ3v) is 3.96. The lowest BCUT2D eigenvalue weighted by molar-refractivity contribution is 0.187. The largest absolute Gasteiger partial charge is 0.316 e. The van der Waals surface area contributed by atoms with Gasteiger partial charge in [0.2, 0.25) is 0 Å². The molecule has 104 valence electrons. The molecule has 0 aromatic heterocycles. The molecule has 0 aliphatic carbocycles. The van der Waals surface area contributed by atoms with E-state index in [1.54, 1.807) is 0 Å². The summed E-state index contributed by atoms with van der Waals surface area (Å²) in [5, 5.41) is 3.66. The molecule has 0 heterocycles. The van der Waals surface area contributed by atoms with Gasteiger partial charge in [0, 0.05) is 6.54 Å². The molecule has 0 aromatic carbocycles. The molecule has 0 aliphatic heterocycles. The minimum Gasteiger partial charge on any atom is -0.316 e. The predicted molar refractivity (Wildman–Crippen MR) is 79.4 cm³/mol. The fraction of sp³-hybridized carbons (Fsp3) is 1.00. The van der Waals surface area contributed by atoms with Crippen molar-refractivity contribution >= 4 is 0 Å². The average molecular weight is 241 g/mol. The van der Waals surface area contributed by atoms with Gasteiger partial charge in [0.05, 0.1) is 0 Å². The molecule has 0 aromatic rings. The zero-order chi connectivity index (χ0) is 13.5. The summed E-state index contributed by atoms with van der Waals surface area (Å²) < 4.78 is 0. The van der Waals surface area contributed by atoms with Crippen LogP contribution in [-0.2, 0) is 0 Å². The van der Waals surface area contributed by atoms with Gasteiger partial charge in [-0.3, -0.25) is 0 Å². The van der Waals surface area contributed by atoms with Crippen molar-refractivity contribution in [1.82, 2.24) is 5.32 Å². The van der Waals surface area contributed by atoms with E-state index < -0.39 is 0 Å². The Kier molecular flexibility index (Phi) is 7.39. The van der Waals surface area contributed by atoms with Crippen LogP contribution in [0.5, 0.6) is 0 Å². The highest BCUT2D eigenvalue weighted by atomic mass is 14.9. The molecule has 0 amide bonds. The molecule has 0 unspecified atom stereocenters. The van der Waals surface area contributed by atoms with Gasteiger partial charge in [0.25, 0.3) is 0 Å². The maximum absolute atomic E-state index is 3.66. The SMILES string of the molecule is CCC(CC)(CCC(C)(C)C)CNCC(C)C. The van der Waals surface area contributed by atoms with Crippen LogP contribution in [0.1, 0.15) is 74.1 Å². The molecule has 0 aliphatic rings. The van der Waals surface area contributed by atoms with Crippen LogP contribution in [0.25, 0.3) is 0 Å². The van der Waals surface area contributed by atoms with Crippen LogP contribution in [0, 0.1) is 16.7 Å². The normalized spacial score (nSPS) is 13.4. The molecule has 0 radical (unpaired) electrons. The van der Waals surface area contributed by atoms with E-state index in [2.05, 4.69) is 53.8 Å². The molecule has 0 bridgehead atoms. The maximum atomic E-state index is 3.66. The Balaban J connectivity index is 4.25. The third kappa shape index (κ3) is 7.81. The molecule has 0 atom stereocenters. The van der Waals surface area contributed by atoms with Crippen molar-refractivity contribution in [2.24, 2.45) is 16.7 Å². The number of nitrogens with one attached hydrogen (secondary N) is 1. The Hall–Kier alpha value is -0.0400. The molecule has 1 nitrogen and oxygen atoms in total. The Labute approximate surface area is 110 Å². The van der Waals surface area contributed by atoms with Gasteiger partial charge in [-0.1, -0.05) is 48.5 Å². The highest BCUT2D eigenvalue weighted by Crippen LogP contribution is 2.35. The fourth-order valence-corrected chi connectivity index (χ4v) is 2.21. The van der Waals surface area contributed by atoms with E-state index in [1.807, 2.05) is 0 Å². The molecule has 0 fully saturated rings. The van der Waals surface area contributed by atoms with E-state index in [1.165, 1.54) is 32.2 Å². The van der Waals surface area contributed by atoms with Crippen LogP contribution in [0.4, 0.5) is 0 Å². The third-order valence-electron chi connectivity index (χ3n) is 3.96. The Morgan fingerprint density at radius 3 is 1.82 bits per heavy atom. The lowest BCUT2D eigenvalue weighted by Crippen LogP contribution is -2.36. The van der Waals surface area contributed by atoms with E-state index >= 15 is 0 Å². The van der Waals surface area contributed by atoms with E-state index in [4.69, 9.17) is 0 Å². The minimum atomic E-state index is 0.466. The van der Waals surface area contributed by atoms with Gasteiger partial charge in [0.15, 0.2) is 0 Å². The summed E-state index contributed by atoms with van der Waals surface area (Å²) in [6.45, 7) is 18.7. The highest BCUT2D eigenvalue weighted by molar-refractivity contribution is 4.81. The van der Waals surface area contributed by atoms with Gasteiger partial charge < -0.3 is 5.32 Å². The quantitative estimate of drug-likeness (QED) is 0.639. The minimum absolute atomic E-state index is 0.466. The summed E-state index contributed by atoms with van der Waals surface area (Å²) in [6, 6.07) is 0. The predicted octanol–water partition coefficient (Wildman–Crippen LogP) is 4.86. The summed E-state index contributed by atoms with van der Waals surface area (Å²) in [6.07, 6.45) is 5.28. The molecular weight excluding hydrogens is 206 g/mol. The van der Waals surface area contributed by atoms with Crippen molar-refractivity contribution in [3.8, 4) is 0 Å². The molecule has 1 N–H and O–H groups in total. The van der Waals surface area contributed by atoms with Crippen LogP contribution in [-0.4, -0.2) is 13.1 Å². The summed E-state index contributed by atoms with van der Waals surface area (Å²) in [5.74, 6) is 0.754. The Morgan fingerprint density at radius 2 is 1.47 bits per heavy atom. The number of rotatable bonds is 8. The topological polar surface area (TPSA) is 12.0 Å². The highest BCUT2D eigenvalue weighted by Gasteiger charge is 2.27. The second kappa shape index (κ2) is 7.41. The van der Waals surface area contributed by atoms with E-state index in [0.717, 1.165) is 12.5 Å². The molecule has 0 saturated carbocycles. The van der Waals surface area contributed by atoms with Crippen molar-refractivity contribution in [2.45, 2.75) is 74.1 Å². The Morgan fingerprint density at radius 1 is 0.941 bits per heavy atom. The summed E-state index contributed by atoms with van der Waals surface area (Å²) in [4.78, 5) is 0. The molecule has 0 spiro atoms. The summed E-state index contributed by atoms with van der Waals surface area (Å²) >= 11 is 0. The molecule has 0 saturated heterocycles. The van der Waals surface area contributed by atoms with Crippen LogP contribution < -0.4 is 5.32 Å². The van der Waals surface area contributed by atoms with Crippen molar-refractivity contribution in [3.05, 3.63) is 0 Å². The number of hydrogen-bond acceptors (Lipinski definition) is 1. The van der Waals surface area contributed by atoms with Crippen LogP contribution in [0.2, 0.25) is 0 Å². The van der Waals surface area contributed by atoms with Gasteiger partial charge >= 0.3 is 0 Å². The zero-order valence-corrected chi connectivity index (χ0v) is 13.3. The Bertz CT molecular complexity index is 184. The molecule has 1 heteroatoms. The van der Waals surface area contributed by atoms with E-state index in [0.29, 0.717) is 10.8 Å². The summed E-state index contributed by atoms with van der Waals surface area (Å²) in [5.41, 5.74) is 0.982. The van der Waals surface area contributed by atoms with Crippen LogP contribution in [0.15, 0.2) is 0 Å². The monoisotopic (exact) mass is 241 g/mol. The van der Waals surface area contributed by atoms with Crippen LogP contribution >= 0.6 is 0 Å². The molecule has 17 heavy (non-hydrogen) atoms. The van der Waals surface area contributed by atoms with Gasteiger partial charge in [-0.05, 0) is 49.0 Å². The first-order valence-corrected chi connectivity index (χ1v) is 7.45. The van der Waals surface area contributed by atoms with Crippen molar-refractivity contribution in [3.63, 3.8) is 0 Å². The summed E-state index contributed by atoms with van der Waals surface area (Å²) in [7, 11) is 0. The second-order valence-electron chi connectivity index (χ2n) is 7.29. The van der Waals surface area contributed by atoms with Gasteiger partial charge in [-0.2, -0.15) is 0 Å². The van der Waals surface area contributed by atoms with Gasteiger partial charge in [-0.25, -0.2) is 0 Å². The van der Waals surface area contributed by atoms with E-state index in [9.17, 15) is 0 Å². The lowest BCUT2D eigenvalue weighted by atomic mass is 9.74. The zero-order valence-electron chi connectivity index (χ0n) is 13.3. The van der Waals surface area contributed by atoms with Gasteiger partial charge in [-0.15, -0.1) is 0 Å². The van der Waals surface area contributed by atoms with Crippen LogP contribution in [0.3, 0.4) is 0 Å². The van der Waals surface area contributed by atoms with Crippen molar-refractivity contribution in [1.29, 1.82) is 0 Å². The fourth-order valence-electron chi connectivity index (χ4n) is 2.21. The lowest BCUT2D eigenvalue weighted by Gasteiger charge is -2.35. The van der Waals surface area contributed by atoms with E-state index in [-0.39, 0.29) is 0 Å². The first-order chi connectivity index (χ1) is 7.74. The molecule has 0 rings (SSSR count). The standard InChI is InChI=1S/C16H35N/c1-8-16(9-2,11-10-15(5,6)7)13-17-12-14(3)4/h14,17H,8-13H2,1-7H3. The number of hydrogen-bond donors (Lipinski definition) is 1.